The van der Waals surface area contributed by atoms with Crippen molar-refractivity contribution in [2.75, 3.05) is 20.2 Å². The maximum Gasteiger partial charge on any atom is 0.407 e. The molecule has 0 unspecified atom stereocenters. The number of ether oxygens (including phenoxy) is 2. The number of sulfonamides is 2. The number of halogens is 1. The Kier molecular flexibility index (Phi) is 15.6. The number of tetrazole rings is 1. The number of nitrogens with zero attached hydrogens (tertiary/aromatic N) is 5. The summed E-state index contributed by atoms with van der Waals surface area (Å²) in [5.41, 5.74) is 1.30. The average Bonchev–Trinajstić information content (AvgIpc) is 3.66. The lowest BCUT2D eigenvalue weighted by molar-refractivity contribution is 0.0498. The van der Waals surface area contributed by atoms with Gasteiger partial charge in [0.25, 0.3) is 0 Å². The fourth-order valence-corrected chi connectivity index (χ4v) is 11.5. The van der Waals surface area contributed by atoms with Crippen molar-refractivity contribution in [3.63, 3.8) is 0 Å². The third kappa shape index (κ3) is 12.8. The van der Waals surface area contributed by atoms with Crippen molar-refractivity contribution in [2.24, 2.45) is 0 Å². The number of amides is 1. The first-order valence-corrected chi connectivity index (χ1v) is 26.6. The maximum atomic E-state index is 15.5. The highest BCUT2D eigenvalue weighted by Gasteiger charge is 2.41. The second-order valence-corrected chi connectivity index (χ2v) is 26.4. The standard InChI is InChI=1S/C43H56BrN7O8S2Si/c1-42(2,3)58-41(52)45-26-35(59-62(8,9)43(4,5)6)27-46-60(53,54)37-25-24-36(44)38(40-47-49-51(48-40)30-33-20-22-34(57-7)23-21-33)39(37)61(55,56)50(28-31-16-12-10-13-17-31)29-32-18-14-11-15-19-32/h10-25,35,46H,26-30H2,1-9H3,(H,45,52)/t35-/m1/s1. The number of nitrogens with one attached hydrogen (secondary N) is 2. The molecule has 0 aliphatic heterocycles. The van der Waals surface area contributed by atoms with Gasteiger partial charge in [-0.2, -0.15) is 9.10 Å². The summed E-state index contributed by atoms with van der Waals surface area (Å²) in [4.78, 5) is 13.0. The SMILES string of the molecule is COc1ccc(Cn2nnc(-c3c(Br)ccc(S(=O)(=O)NC[C@@H](CNC(=O)OC(C)(C)C)O[Si](C)(C)C(C)(C)C)c3S(=O)(=O)N(Cc3ccccc3)Cc3ccccc3)n2)cc1. The minimum atomic E-state index is -4.74. The summed E-state index contributed by atoms with van der Waals surface area (Å²) >= 11 is 3.52. The van der Waals surface area contributed by atoms with E-state index in [9.17, 15) is 13.2 Å². The van der Waals surface area contributed by atoms with Gasteiger partial charge in [-0.1, -0.05) is 93.6 Å². The Balaban J connectivity index is 1.63. The van der Waals surface area contributed by atoms with E-state index in [1.54, 1.807) is 88.5 Å². The fourth-order valence-electron chi connectivity index (χ4n) is 5.99. The Morgan fingerprint density at radius 2 is 1.40 bits per heavy atom. The van der Waals surface area contributed by atoms with Crippen LogP contribution in [0.15, 0.2) is 111 Å². The number of alkyl carbamates (subject to hydrolysis) is 1. The molecule has 0 saturated carbocycles. The Morgan fingerprint density at radius 3 is 1.94 bits per heavy atom. The van der Waals surface area contributed by atoms with Crippen LogP contribution in [0.2, 0.25) is 18.1 Å². The van der Waals surface area contributed by atoms with E-state index >= 15 is 8.42 Å². The second kappa shape index (κ2) is 19.9. The van der Waals surface area contributed by atoms with Crippen molar-refractivity contribution in [3.8, 4) is 17.1 Å². The van der Waals surface area contributed by atoms with Gasteiger partial charge in [-0.25, -0.2) is 26.4 Å². The van der Waals surface area contributed by atoms with E-state index in [4.69, 9.17) is 13.9 Å². The maximum absolute atomic E-state index is 15.5. The number of hydrogen-bond donors (Lipinski definition) is 2. The lowest BCUT2D eigenvalue weighted by Crippen LogP contribution is -2.51. The first-order valence-electron chi connectivity index (χ1n) is 19.9. The minimum Gasteiger partial charge on any atom is -0.497 e. The van der Waals surface area contributed by atoms with Crippen LogP contribution >= 0.6 is 15.9 Å². The van der Waals surface area contributed by atoms with Crippen LogP contribution in [0.25, 0.3) is 11.4 Å². The molecule has 1 atom stereocenters. The van der Waals surface area contributed by atoms with Crippen LogP contribution in [-0.2, 0) is 48.8 Å². The van der Waals surface area contributed by atoms with E-state index in [2.05, 4.69) is 41.4 Å². The number of aromatic nitrogens is 4. The number of carbonyl (C=O) groups excluding carboxylic acids is 1. The van der Waals surface area contributed by atoms with Crippen LogP contribution < -0.4 is 14.8 Å². The molecule has 1 aromatic heterocycles. The van der Waals surface area contributed by atoms with Gasteiger partial charge >= 0.3 is 6.09 Å². The van der Waals surface area contributed by atoms with Gasteiger partial charge in [0.1, 0.15) is 21.1 Å². The molecule has 1 amide bonds. The third-order valence-corrected chi connectivity index (χ3v) is 18.8. The number of methoxy groups -OCH3 is 1. The molecule has 0 saturated heterocycles. The van der Waals surface area contributed by atoms with Crippen molar-refractivity contribution in [2.45, 2.75) is 101 Å². The summed E-state index contributed by atoms with van der Waals surface area (Å²) in [5, 5.41) is 15.5. The first-order chi connectivity index (χ1) is 29.0. The molecule has 334 valence electrons. The third-order valence-electron chi connectivity index (χ3n) is 10.2. The molecule has 0 bridgehead atoms. The lowest BCUT2D eigenvalue weighted by Gasteiger charge is -2.39. The van der Waals surface area contributed by atoms with Crippen LogP contribution in [0, 0.1) is 0 Å². The average molecular weight is 971 g/mol. The zero-order valence-corrected chi connectivity index (χ0v) is 40.8. The summed E-state index contributed by atoms with van der Waals surface area (Å²) in [6, 6.07) is 28.0. The molecule has 0 spiro atoms. The number of hydrogen-bond acceptors (Lipinski definition) is 11. The van der Waals surface area contributed by atoms with Gasteiger partial charge in [-0.15, -0.1) is 10.2 Å². The quantitative estimate of drug-likeness (QED) is 0.0819. The second-order valence-electron chi connectivity index (χ2n) is 17.2. The smallest absolute Gasteiger partial charge is 0.407 e. The van der Waals surface area contributed by atoms with E-state index in [0.29, 0.717) is 16.9 Å². The molecule has 0 aliphatic carbocycles. The fraction of sp³-hybridized carbons (Fsp3) is 0.395. The number of benzene rings is 4. The molecule has 0 fully saturated rings. The van der Waals surface area contributed by atoms with Crippen molar-refractivity contribution < 1.29 is 35.5 Å². The van der Waals surface area contributed by atoms with Crippen LogP contribution in [0.3, 0.4) is 0 Å². The zero-order valence-electron chi connectivity index (χ0n) is 36.5. The molecule has 5 aromatic rings. The van der Waals surface area contributed by atoms with Crippen molar-refractivity contribution in [3.05, 3.63) is 118 Å². The molecule has 0 radical (unpaired) electrons. The highest BCUT2D eigenvalue weighted by atomic mass is 79.9. The topological polar surface area (TPSA) is 184 Å². The Morgan fingerprint density at radius 1 is 0.823 bits per heavy atom. The predicted octanol–water partition coefficient (Wildman–Crippen LogP) is 7.74. The van der Waals surface area contributed by atoms with E-state index < -0.39 is 56.0 Å². The van der Waals surface area contributed by atoms with Gasteiger partial charge in [0.15, 0.2) is 8.32 Å². The summed E-state index contributed by atoms with van der Waals surface area (Å²) in [6.45, 7) is 14.9. The normalized spacial score (nSPS) is 13.2. The number of carbonyl (C=O) groups is 1. The van der Waals surface area contributed by atoms with Crippen molar-refractivity contribution >= 4 is 50.4 Å². The van der Waals surface area contributed by atoms with E-state index in [0.717, 1.165) is 5.56 Å². The largest absolute Gasteiger partial charge is 0.497 e. The molecular weight excluding hydrogens is 915 g/mol. The molecule has 4 aromatic carbocycles. The summed E-state index contributed by atoms with van der Waals surface area (Å²) in [7, 11) is -10.4. The molecule has 0 aliphatic rings. The molecule has 5 rings (SSSR count). The molecule has 62 heavy (non-hydrogen) atoms. The van der Waals surface area contributed by atoms with E-state index in [-0.39, 0.29) is 53.6 Å². The van der Waals surface area contributed by atoms with E-state index in [1.165, 1.54) is 21.2 Å². The molecule has 2 N–H and O–H groups in total. The Labute approximate surface area is 374 Å². The Bertz CT molecular complexity index is 2470. The van der Waals surface area contributed by atoms with E-state index in [1.807, 2.05) is 58.1 Å². The van der Waals surface area contributed by atoms with Crippen molar-refractivity contribution in [1.82, 2.24) is 34.6 Å². The first kappa shape index (κ1) is 48.5. The van der Waals surface area contributed by atoms with Gasteiger partial charge in [-0.3, -0.25) is 0 Å². The Hall–Kier alpha value is -4.50. The van der Waals surface area contributed by atoms with Crippen LogP contribution in [0.1, 0.15) is 58.2 Å². The summed E-state index contributed by atoms with van der Waals surface area (Å²) < 4.78 is 82.0. The predicted molar refractivity (Wildman–Crippen MR) is 244 cm³/mol. The zero-order chi connectivity index (χ0) is 45.5. The van der Waals surface area contributed by atoms with Crippen molar-refractivity contribution in [1.29, 1.82) is 0 Å². The highest BCUT2D eigenvalue weighted by molar-refractivity contribution is 9.10. The van der Waals surface area contributed by atoms with Gasteiger partial charge in [-0.05, 0) is 101 Å². The van der Waals surface area contributed by atoms with Gasteiger partial charge in [0.2, 0.25) is 25.9 Å². The molecule has 15 nitrogen and oxygen atoms in total. The number of rotatable bonds is 18. The monoisotopic (exact) mass is 969 g/mol. The van der Waals surface area contributed by atoms with Gasteiger partial charge in [0, 0.05) is 30.7 Å². The minimum absolute atomic E-state index is 0.0900. The van der Waals surface area contributed by atoms with Gasteiger partial charge < -0.3 is 19.2 Å². The highest BCUT2D eigenvalue weighted by Crippen LogP contribution is 2.40. The van der Waals surface area contributed by atoms with Gasteiger partial charge in [0.05, 0.1) is 25.3 Å². The summed E-state index contributed by atoms with van der Waals surface area (Å²) in [5.74, 6) is 0.542. The molecule has 1 heterocycles. The van der Waals surface area contributed by atoms with Crippen LogP contribution in [0.4, 0.5) is 4.79 Å². The van der Waals surface area contributed by atoms with Crippen LogP contribution in [-0.4, -0.2) is 87.7 Å². The summed E-state index contributed by atoms with van der Waals surface area (Å²) in [6.07, 6.45) is -1.56. The lowest BCUT2D eigenvalue weighted by atomic mass is 10.2. The van der Waals surface area contributed by atoms with Crippen LogP contribution in [0.5, 0.6) is 5.75 Å². The molecule has 19 heteroatoms. The molecular formula is C43H56BrN7O8S2Si.